The number of rotatable bonds is 12. The lowest BCUT2D eigenvalue weighted by molar-refractivity contribution is 0.0527. The van der Waals surface area contributed by atoms with Crippen LogP contribution in [0.3, 0.4) is 0 Å². The van der Waals surface area contributed by atoms with E-state index in [1.54, 1.807) is 36.5 Å². The number of esters is 1. The molecule has 0 aliphatic rings. The van der Waals surface area contributed by atoms with Crippen molar-refractivity contribution in [2.24, 2.45) is 15.7 Å². The first-order valence-electron chi connectivity index (χ1n) is 9.31. The summed E-state index contributed by atoms with van der Waals surface area (Å²) in [7, 11) is 0. The van der Waals surface area contributed by atoms with Crippen LogP contribution in [0.15, 0.2) is 34.0 Å². The van der Waals surface area contributed by atoms with E-state index in [2.05, 4.69) is 30.5 Å². The quantitative estimate of drug-likeness (QED) is 0.173. The molecule has 0 heterocycles. The summed E-state index contributed by atoms with van der Waals surface area (Å²) in [6.07, 6.45) is 2.33. The number of para-hydroxylation sites is 1. The smallest absolute Gasteiger partial charge is 0.340 e. The van der Waals surface area contributed by atoms with Gasteiger partial charge in [-0.15, -0.1) is 0 Å². The molecule has 0 spiro atoms. The number of ether oxygens (including phenoxy) is 1. The van der Waals surface area contributed by atoms with E-state index in [1.807, 2.05) is 13.0 Å². The van der Waals surface area contributed by atoms with Crippen LogP contribution in [0.25, 0.3) is 0 Å². The molecule has 0 aliphatic heterocycles. The highest BCUT2D eigenvalue weighted by atomic mass is 32.7. The molecule has 1 rings (SSSR count). The minimum absolute atomic E-state index is 0.316. The van der Waals surface area contributed by atoms with Crippen LogP contribution in [0, 0.1) is 5.92 Å². The topological polar surface area (TPSA) is 69.5 Å². The molecule has 0 N–H and O–H groups in total. The van der Waals surface area contributed by atoms with E-state index < -0.39 is 12.7 Å². The number of aliphatic imine (C=N–C) groups is 1. The third-order valence-corrected chi connectivity index (χ3v) is 8.07. The molecule has 1 atom stereocenters. The Morgan fingerprint density at radius 3 is 2.56 bits per heavy atom. The molecule has 0 aromatic heterocycles. The summed E-state index contributed by atoms with van der Waals surface area (Å²) >= 11 is 1.61. The minimum Gasteiger partial charge on any atom is -0.462 e. The third-order valence-electron chi connectivity index (χ3n) is 3.11. The molecule has 0 saturated carbocycles. The van der Waals surface area contributed by atoms with Gasteiger partial charge >= 0.3 is 5.97 Å². The first-order chi connectivity index (χ1) is 13.0. The van der Waals surface area contributed by atoms with Crippen LogP contribution in [0.4, 0.5) is 5.69 Å². The highest BCUT2D eigenvalue weighted by Crippen LogP contribution is 2.63. The van der Waals surface area contributed by atoms with Gasteiger partial charge in [0.15, 0.2) is 0 Å². The van der Waals surface area contributed by atoms with Gasteiger partial charge in [0.05, 0.1) is 31.1 Å². The molecule has 6 nitrogen and oxygen atoms in total. The van der Waals surface area contributed by atoms with E-state index in [-0.39, 0.29) is 0 Å². The maximum absolute atomic E-state index is 12.1. The lowest BCUT2D eigenvalue weighted by Crippen LogP contribution is -2.04. The van der Waals surface area contributed by atoms with Gasteiger partial charge in [0.1, 0.15) is 6.34 Å². The normalized spacial score (nSPS) is 13.7. The monoisotopic (exact) mass is 414 g/mol. The van der Waals surface area contributed by atoms with Crippen molar-refractivity contribution in [3.8, 4) is 0 Å². The van der Waals surface area contributed by atoms with Crippen molar-refractivity contribution < 1.29 is 18.6 Å². The second kappa shape index (κ2) is 13.1. The summed E-state index contributed by atoms with van der Waals surface area (Å²) < 4.78 is 21.6. The zero-order chi connectivity index (χ0) is 20.1. The molecular weight excluding hydrogens is 383 g/mol. The van der Waals surface area contributed by atoms with Crippen molar-refractivity contribution in [2.75, 3.05) is 25.6 Å². The highest BCUT2D eigenvalue weighted by Gasteiger charge is 2.22. The van der Waals surface area contributed by atoms with Gasteiger partial charge in [-0.25, -0.2) is 9.79 Å². The number of hydrogen-bond donors (Lipinski definition) is 0. The average Bonchev–Trinajstić information content (AvgIpc) is 2.65. The molecule has 8 heteroatoms. The number of carbonyl (C=O) groups excluding carboxylic acids is 1. The van der Waals surface area contributed by atoms with Crippen LogP contribution in [-0.4, -0.2) is 37.9 Å². The average molecular weight is 415 g/mol. The van der Waals surface area contributed by atoms with Gasteiger partial charge in [0.25, 0.3) is 6.71 Å². The van der Waals surface area contributed by atoms with E-state index in [9.17, 15) is 4.79 Å². The molecular formula is C19H31N2O4PS. The van der Waals surface area contributed by atoms with Gasteiger partial charge in [0, 0.05) is 5.75 Å². The fourth-order valence-electron chi connectivity index (χ4n) is 1.94. The summed E-state index contributed by atoms with van der Waals surface area (Å²) in [5.74, 6) is 0.984. The summed E-state index contributed by atoms with van der Waals surface area (Å²) in [4.78, 5) is 16.4. The summed E-state index contributed by atoms with van der Waals surface area (Å²) in [6, 6.07) is 7.05. The Bertz CT molecular complexity index is 665. The van der Waals surface area contributed by atoms with Gasteiger partial charge in [-0.3, -0.25) is 0 Å². The van der Waals surface area contributed by atoms with Crippen LogP contribution in [-0.2, 0) is 13.8 Å². The standard InChI is InChI=1S/C19H31N2O4PS/c1-6-13-25-26(24-8-3,27-14-16(4)5)21-15-20-18-12-10-9-11-17(18)19(22)23-7-2/h9-12,15-16H,6-8,13-14H2,1-5H3. The van der Waals surface area contributed by atoms with Crippen LogP contribution < -0.4 is 0 Å². The number of benzene rings is 1. The first-order valence-corrected chi connectivity index (χ1v) is 12.5. The van der Waals surface area contributed by atoms with Crippen molar-refractivity contribution in [3.05, 3.63) is 29.8 Å². The zero-order valence-electron chi connectivity index (χ0n) is 16.9. The number of hydrogen-bond acceptors (Lipinski definition) is 6. The Kier molecular flexibility index (Phi) is 11.6. The van der Waals surface area contributed by atoms with Crippen molar-refractivity contribution in [3.63, 3.8) is 0 Å². The molecule has 0 radical (unpaired) electrons. The molecule has 27 heavy (non-hydrogen) atoms. The summed E-state index contributed by atoms with van der Waals surface area (Å²) in [5.41, 5.74) is 0.925. The minimum atomic E-state index is -2.48. The Balaban J connectivity index is 3.15. The Labute approximate surface area is 167 Å². The van der Waals surface area contributed by atoms with E-state index >= 15 is 0 Å². The van der Waals surface area contributed by atoms with Crippen molar-refractivity contribution in [1.29, 1.82) is 0 Å². The lowest BCUT2D eigenvalue weighted by atomic mass is 10.2. The summed E-state index contributed by atoms with van der Waals surface area (Å²) in [5, 5.41) is 0. The Morgan fingerprint density at radius 1 is 1.19 bits per heavy atom. The Morgan fingerprint density at radius 2 is 1.93 bits per heavy atom. The van der Waals surface area contributed by atoms with E-state index in [0.717, 1.165) is 12.2 Å². The largest absolute Gasteiger partial charge is 0.462 e. The maximum atomic E-state index is 12.1. The van der Waals surface area contributed by atoms with Crippen molar-refractivity contribution in [2.45, 2.75) is 41.0 Å². The maximum Gasteiger partial charge on any atom is 0.340 e. The van der Waals surface area contributed by atoms with Gasteiger partial charge in [-0.2, -0.15) is 4.74 Å². The molecule has 1 aromatic carbocycles. The fraction of sp³-hybridized carbons (Fsp3) is 0.579. The number of nitrogens with zero attached hydrogens (tertiary/aromatic N) is 2. The highest BCUT2D eigenvalue weighted by molar-refractivity contribution is 8.55. The molecule has 0 bridgehead atoms. The molecule has 0 fully saturated rings. The molecule has 1 aromatic rings. The Hall–Kier alpha value is -1.14. The second-order valence-corrected chi connectivity index (χ2v) is 10.4. The lowest BCUT2D eigenvalue weighted by Gasteiger charge is -2.22. The molecule has 152 valence electrons. The first kappa shape index (κ1) is 23.9. The predicted octanol–water partition coefficient (Wildman–Crippen LogP) is 6.32. The third kappa shape index (κ3) is 8.60. The molecule has 0 amide bonds. The van der Waals surface area contributed by atoms with Gasteiger partial charge < -0.3 is 13.8 Å². The number of carbonyl (C=O) groups is 1. The SMILES string of the molecule is CCCOP(=NC=Nc1ccccc1C(=O)OCC)(OCC)SCC(C)C. The zero-order valence-corrected chi connectivity index (χ0v) is 18.6. The fourth-order valence-corrected chi connectivity index (χ4v) is 6.54. The second-order valence-electron chi connectivity index (χ2n) is 6.01. The van der Waals surface area contributed by atoms with Crippen molar-refractivity contribution >= 4 is 36.1 Å². The van der Waals surface area contributed by atoms with Gasteiger partial charge in [-0.1, -0.05) is 44.3 Å². The van der Waals surface area contributed by atoms with Crippen molar-refractivity contribution in [1.82, 2.24) is 0 Å². The van der Waals surface area contributed by atoms with Crippen LogP contribution in [0.1, 0.15) is 51.4 Å². The molecule has 0 aliphatic carbocycles. The van der Waals surface area contributed by atoms with Gasteiger partial charge in [0.2, 0.25) is 0 Å². The molecule has 0 saturated heterocycles. The van der Waals surface area contributed by atoms with E-state index in [0.29, 0.717) is 37.0 Å². The molecule has 1 unspecified atom stereocenters. The van der Waals surface area contributed by atoms with E-state index in [1.165, 1.54) is 6.34 Å². The van der Waals surface area contributed by atoms with Crippen LogP contribution >= 0.6 is 18.1 Å². The van der Waals surface area contributed by atoms with E-state index in [4.69, 9.17) is 13.8 Å². The van der Waals surface area contributed by atoms with Gasteiger partial charge in [-0.05, 0) is 38.3 Å². The predicted molar refractivity (Wildman–Crippen MR) is 115 cm³/mol. The van der Waals surface area contributed by atoms with Crippen LogP contribution in [0.5, 0.6) is 0 Å². The van der Waals surface area contributed by atoms with Crippen LogP contribution in [0.2, 0.25) is 0 Å². The summed E-state index contributed by atoms with van der Waals surface area (Å²) in [6.45, 7) is 8.99.